The lowest BCUT2D eigenvalue weighted by Gasteiger charge is -2.12. The Balaban J connectivity index is 2.23. The third-order valence-electron chi connectivity index (χ3n) is 2.56. The van der Waals surface area contributed by atoms with Gasteiger partial charge in [-0.05, 0) is 23.5 Å². The van der Waals surface area contributed by atoms with Gasteiger partial charge in [0, 0.05) is 5.92 Å². The summed E-state index contributed by atoms with van der Waals surface area (Å²) in [5.41, 5.74) is 2.85. The highest BCUT2D eigenvalue weighted by atomic mass is 14.2. The smallest absolute Gasteiger partial charge is 0.00297 e. The molecule has 0 nitrogen and oxygen atoms in total. The molecule has 2 atom stereocenters. The van der Waals surface area contributed by atoms with Crippen LogP contribution in [0.1, 0.15) is 30.4 Å². The molecule has 1 radical (unpaired) electrons. The summed E-state index contributed by atoms with van der Waals surface area (Å²) < 4.78 is 0. The van der Waals surface area contributed by atoms with Crippen molar-refractivity contribution in [2.24, 2.45) is 5.92 Å². The van der Waals surface area contributed by atoms with Crippen LogP contribution in [-0.4, -0.2) is 0 Å². The van der Waals surface area contributed by atoms with Crippen LogP contribution in [0.15, 0.2) is 30.3 Å². The van der Waals surface area contributed by atoms with Crippen LogP contribution in [0, 0.1) is 12.8 Å². The van der Waals surface area contributed by atoms with Gasteiger partial charge in [-0.2, -0.15) is 0 Å². The molecule has 0 heterocycles. The van der Waals surface area contributed by atoms with Crippen LogP contribution in [0.2, 0.25) is 0 Å². The fourth-order valence-electron chi connectivity index (χ4n) is 1.96. The van der Waals surface area contributed by atoms with E-state index in [-0.39, 0.29) is 0 Å². The van der Waals surface area contributed by atoms with Crippen molar-refractivity contribution in [3.8, 4) is 0 Å². The van der Waals surface area contributed by atoms with Gasteiger partial charge in [0.05, 0.1) is 0 Å². The highest BCUT2D eigenvalue weighted by molar-refractivity contribution is 5.62. The summed E-state index contributed by atoms with van der Waals surface area (Å²) in [5.74, 6) is 1.13. The first-order valence-electron chi connectivity index (χ1n) is 4.87. The van der Waals surface area contributed by atoms with Crippen molar-refractivity contribution < 1.29 is 0 Å². The molecule has 0 aliphatic heterocycles. The lowest BCUT2D eigenvalue weighted by molar-refractivity contribution is 0.602. The third-order valence-corrected chi connectivity index (χ3v) is 2.56. The zero-order valence-corrected chi connectivity index (χ0v) is 8.03. The van der Waals surface area contributed by atoms with E-state index in [2.05, 4.69) is 50.3 Å². The maximum atomic E-state index is 4.04. The molecule has 0 bridgehead atoms. The molecule has 1 aliphatic rings. The number of fused-ring (bicyclic) bond motifs is 1. The van der Waals surface area contributed by atoms with E-state index in [1.807, 2.05) is 0 Å². The Labute approximate surface area is 80.3 Å². The molecule has 0 heteroatoms. The van der Waals surface area contributed by atoms with Gasteiger partial charge in [0.25, 0.3) is 0 Å². The Kier molecular flexibility index (Phi) is 2.22. The van der Waals surface area contributed by atoms with Crippen LogP contribution >= 0.6 is 0 Å². The topological polar surface area (TPSA) is 0 Å². The van der Waals surface area contributed by atoms with Crippen molar-refractivity contribution in [1.29, 1.82) is 0 Å². The molecule has 67 valence electrons. The van der Waals surface area contributed by atoms with Crippen LogP contribution in [0.4, 0.5) is 0 Å². The zero-order valence-electron chi connectivity index (χ0n) is 8.03. The number of benzene rings is 1. The highest BCUT2D eigenvalue weighted by Crippen LogP contribution is 2.33. The van der Waals surface area contributed by atoms with Gasteiger partial charge < -0.3 is 0 Å². The van der Waals surface area contributed by atoms with E-state index in [1.54, 1.807) is 0 Å². The Hall–Kier alpha value is -1.04. The summed E-state index contributed by atoms with van der Waals surface area (Å²) in [6, 6.07) is 8.62. The van der Waals surface area contributed by atoms with Crippen LogP contribution in [-0.2, 0) is 0 Å². The summed E-state index contributed by atoms with van der Waals surface area (Å²) >= 11 is 0. The summed E-state index contributed by atoms with van der Waals surface area (Å²) in [7, 11) is 0. The average Bonchev–Trinajstić information content (AvgIpc) is 2.48. The van der Waals surface area contributed by atoms with Crippen molar-refractivity contribution in [3.05, 3.63) is 48.4 Å². The molecule has 0 aromatic heterocycles. The normalized spacial score (nSPS) is 19.5. The standard InChI is InChI=1S/C13H15/c1-10(2)9-12-8-7-11-5-3-4-6-13(11)12/h3-8,10,12H,1,9H2,2H3. The first-order chi connectivity index (χ1) is 6.27. The van der Waals surface area contributed by atoms with Gasteiger partial charge in [0.2, 0.25) is 0 Å². The quantitative estimate of drug-likeness (QED) is 0.637. The summed E-state index contributed by atoms with van der Waals surface area (Å²) in [5, 5.41) is 0. The van der Waals surface area contributed by atoms with Crippen LogP contribution in [0.3, 0.4) is 0 Å². The summed E-state index contributed by atoms with van der Waals surface area (Å²) in [4.78, 5) is 0. The van der Waals surface area contributed by atoms with Crippen molar-refractivity contribution in [3.63, 3.8) is 0 Å². The zero-order chi connectivity index (χ0) is 9.26. The minimum atomic E-state index is 0.529. The second-order valence-electron chi connectivity index (χ2n) is 3.94. The lowest BCUT2D eigenvalue weighted by Crippen LogP contribution is -1.98. The van der Waals surface area contributed by atoms with Gasteiger partial charge in [-0.15, -0.1) is 0 Å². The van der Waals surface area contributed by atoms with E-state index in [0.717, 1.165) is 6.42 Å². The molecule has 1 aromatic rings. The van der Waals surface area contributed by atoms with E-state index in [1.165, 1.54) is 11.1 Å². The molecule has 0 amide bonds. The predicted octanol–water partition coefficient (Wildman–Crippen LogP) is 3.66. The van der Waals surface area contributed by atoms with Gasteiger partial charge in [-0.1, -0.05) is 50.3 Å². The maximum Gasteiger partial charge on any atom is 0.00297 e. The van der Waals surface area contributed by atoms with Crippen LogP contribution in [0.5, 0.6) is 0 Å². The lowest BCUT2D eigenvalue weighted by atomic mass is 9.92. The minimum Gasteiger partial charge on any atom is -0.0764 e. The predicted molar refractivity (Wildman–Crippen MR) is 57.4 cm³/mol. The fourth-order valence-corrected chi connectivity index (χ4v) is 1.96. The maximum absolute atomic E-state index is 4.04. The highest BCUT2D eigenvalue weighted by Gasteiger charge is 2.16. The first kappa shape index (κ1) is 8.55. The molecule has 2 rings (SSSR count). The van der Waals surface area contributed by atoms with Gasteiger partial charge in [-0.25, -0.2) is 0 Å². The first-order valence-corrected chi connectivity index (χ1v) is 4.87. The van der Waals surface area contributed by atoms with Crippen LogP contribution in [0.25, 0.3) is 6.08 Å². The van der Waals surface area contributed by atoms with Crippen molar-refractivity contribution >= 4 is 6.08 Å². The number of hydrogen-bond donors (Lipinski definition) is 0. The van der Waals surface area contributed by atoms with Crippen LogP contribution < -0.4 is 0 Å². The molecule has 1 aromatic carbocycles. The molecule has 0 saturated carbocycles. The molecular weight excluding hydrogens is 156 g/mol. The average molecular weight is 171 g/mol. The van der Waals surface area contributed by atoms with Crippen molar-refractivity contribution in [1.82, 2.24) is 0 Å². The van der Waals surface area contributed by atoms with Gasteiger partial charge in [0.1, 0.15) is 0 Å². The second-order valence-corrected chi connectivity index (χ2v) is 3.94. The summed E-state index contributed by atoms with van der Waals surface area (Å²) in [6.07, 6.45) is 5.68. The van der Waals surface area contributed by atoms with Gasteiger partial charge >= 0.3 is 0 Å². The monoisotopic (exact) mass is 171 g/mol. The molecule has 1 aliphatic carbocycles. The van der Waals surface area contributed by atoms with E-state index < -0.39 is 0 Å². The molecule has 0 N–H and O–H groups in total. The Bertz CT molecular complexity index is 321. The van der Waals surface area contributed by atoms with E-state index in [9.17, 15) is 0 Å². The molecule has 0 fully saturated rings. The van der Waals surface area contributed by atoms with Crippen molar-refractivity contribution in [2.75, 3.05) is 0 Å². The third kappa shape index (κ3) is 1.67. The molecule has 13 heavy (non-hydrogen) atoms. The van der Waals surface area contributed by atoms with E-state index in [4.69, 9.17) is 0 Å². The van der Waals surface area contributed by atoms with Crippen molar-refractivity contribution in [2.45, 2.75) is 19.3 Å². The molecular formula is C13H15. The number of hydrogen-bond acceptors (Lipinski definition) is 0. The molecule has 2 unspecified atom stereocenters. The Morgan fingerprint density at radius 3 is 2.92 bits per heavy atom. The Morgan fingerprint density at radius 2 is 2.15 bits per heavy atom. The molecule has 0 saturated heterocycles. The summed E-state index contributed by atoms with van der Waals surface area (Å²) in [6.45, 7) is 6.22. The largest absolute Gasteiger partial charge is 0.0764 e. The minimum absolute atomic E-state index is 0.529. The Morgan fingerprint density at radius 1 is 1.38 bits per heavy atom. The van der Waals surface area contributed by atoms with E-state index in [0.29, 0.717) is 11.8 Å². The number of allylic oxidation sites excluding steroid dienone is 1. The van der Waals surface area contributed by atoms with Gasteiger partial charge in [-0.3, -0.25) is 0 Å². The second kappa shape index (κ2) is 3.37. The SMILES string of the molecule is [CH2]C(C)CC1C=Cc2ccccc21. The number of rotatable bonds is 2. The fraction of sp³-hybridized carbons (Fsp3) is 0.308. The van der Waals surface area contributed by atoms with Gasteiger partial charge in [0.15, 0.2) is 0 Å². The van der Waals surface area contributed by atoms with E-state index >= 15 is 0 Å². The molecule has 0 spiro atoms.